The maximum Gasteiger partial charge on any atom is -0.147 e. The van der Waals surface area contributed by atoms with Gasteiger partial charge in [-0.15, -0.1) is 24.8 Å². The van der Waals surface area contributed by atoms with Crippen molar-refractivity contribution in [3.8, 4) is 22.3 Å². The molecular weight excluding hydrogens is 791 g/mol. The Balaban J connectivity index is 0.00000249. The fraction of sp³-hybridized carbons (Fsp3) is 0.440. The second kappa shape index (κ2) is 16.5. The van der Waals surface area contributed by atoms with Crippen molar-refractivity contribution in [1.82, 2.24) is 0 Å². The van der Waals surface area contributed by atoms with Crippen molar-refractivity contribution in [1.29, 1.82) is 0 Å². The number of rotatable bonds is 10. The molecule has 4 heteroatoms. The Kier molecular flexibility index (Phi) is 12.7. The standard InChI is InChI=1S/2C24H27.2CH3.2ClH.H2Si.Zr/c2*1-2-24(14-7-4-8-15-24)18-19-16-21-12-9-13-22(23(21)17-19)20-10-5-3-6-11-20;;;;;;/h2*3,5-6,9-13,16-17H,2,4,7-8,14-15,18H2,1H3;2*1H3;2*1H;1H2;. The molecule has 0 aliphatic heterocycles. The maximum atomic E-state index is 2.91. The molecule has 0 bridgehead atoms. The third-order valence-electron chi connectivity index (χ3n) is 14.9. The van der Waals surface area contributed by atoms with Crippen LogP contribution in [0.4, 0.5) is 0 Å². The molecule has 4 aromatic rings. The summed E-state index contributed by atoms with van der Waals surface area (Å²) >= 11 is -3.89. The van der Waals surface area contributed by atoms with E-state index in [2.05, 4.69) is 139 Å². The summed E-state index contributed by atoms with van der Waals surface area (Å²) in [5.41, 5.74) is 16.4. The van der Waals surface area contributed by atoms with E-state index in [1.165, 1.54) is 123 Å². The fourth-order valence-corrected chi connectivity index (χ4v) is 31.8. The molecule has 0 nitrogen and oxygen atoms in total. The van der Waals surface area contributed by atoms with Crippen LogP contribution in [0.5, 0.6) is 0 Å². The summed E-state index contributed by atoms with van der Waals surface area (Å²) in [4.78, 5) is 0. The molecule has 4 aromatic carbocycles. The zero-order valence-electron chi connectivity index (χ0n) is 33.5. The predicted octanol–water partition coefficient (Wildman–Crippen LogP) is 15.3. The average molecular weight is 855 g/mol. The zero-order valence-corrected chi connectivity index (χ0v) is 39.0. The fourth-order valence-electron chi connectivity index (χ4n) is 12.2. The molecule has 4 aliphatic carbocycles. The van der Waals surface area contributed by atoms with Crippen molar-refractivity contribution < 1.29 is 17.4 Å². The molecule has 0 radical (unpaired) electrons. The van der Waals surface area contributed by atoms with E-state index in [0.29, 0.717) is 18.1 Å². The van der Waals surface area contributed by atoms with Crippen LogP contribution in [0.3, 0.4) is 0 Å². The third kappa shape index (κ3) is 7.58. The summed E-state index contributed by atoms with van der Waals surface area (Å²) in [6.45, 7) is 7.58. The van der Waals surface area contributed by atoms with Gasteiger partial charge in [-0.1, -0.05) is 0 Å². The maximum absolute atomic E-state index is 3.89. The number of halogens is 2. The first kappa shape index (κ1) is 41.7. The van der Waals surface area contributed by atoms with E-state index < -0.39 is 17.4 Å². The SMILES string of the molecule is CCC1(CC2=Cc3c(-c4ccccc4)cccc3[CH]2[Zr]([CH3])([CH3])(=[SiH2])[CH]2C(CC3(CC)CCCCC3)=Cc3c(-c4ccccc4)cccc32)CCCCC1.Cl.Cl. The monoisotopic (exact) mass is 852 g/mol. The van der Waals surface area contributed by atoms with Crippen LogP contribution in [0.2, 0.25) is 9.26 Å². The molecular formula is C50H64Cl2SiZr. The largest absolute Gasteiger partial charge is 0.147 e. The zero-order chi connectivity index (χ0) is 36.0. The summed E-state index contributed by atoms with van der Waals surface area (Å²) in [5.74, 6) is 0. The molecule has 0 amide bonds. The van der Waals surface area contributed by atoms with Gasteiger partial charge in [-0.25, -0.2) is 0 Å². The Morgan fingerprint density at radius 2 is 0.889 bits per heavy atom. The Hall–Kier alpha value is -1.96. The number of benzene rings is 4. The molecule has 2 unspecified atom stereocenters. The van der Waals surface area contributed by atoms with E-state index in [1.807, 2.05) is 0 Å². The van der Waals surface area contributed by atoms with Gasteiger partial charge in [0.1, 0.15) is 0 Å². The van der Waals surface area contributed by atoms with Gasteiger partial charge in [0.25, 0.3) is 0 Å². The molecule has 286 valence electrons. The Bertz CT molecular complexity index is 1920. The average Bonchev–Trinajstić information content (AvgIpc) is 3.75. The van der Waals surface area contributed by atoms with Crippen LogP contribution in [0.15, 0.2) is 108 Å². The van der Waals surface area contributed by atoms with Gasteiger partial charge >= 0.3 is 320 Å². The van der Waals surface area contributed by atoms with Gasteiger partial charge in [-0.05, 0) is 0 Å². The second-order valence-corrected chi connectivity index (χ2v) is 49.2. The van der Waals surface area contributed by atoms with Crippen LogP contribution in [0, 0.1) is 10.8 Å². The van der Waals surface area contributed by atoms with Gasteiger partial charge < -0.3 is 0 Å². The van der Waals surface area contributed by atoms with Crippen LogP contribution in [-0.2, 0) is 17.4 Å². The number of hydrogen-bond donors (Lipinski definition) is 0. The van der Waals surface area contributed by atoms with Crippen molar-refractivity contribution in [3.05, 3.63) is 130 Å². The van der Waals surface area contributed by atoms with Crippen LogP contribution in [0.1, 0.15) is 133 Å². The molecule has 54 heavy (non-hydrogen) atoms. The number of fused-ring (bicyclic) bond motifs is 2. The summed E-state index contributed by atoms with van der Waals surface area (Å²) in [6.07, 6.45) is 24.7. The molecule has 0 heterocycles. The molecule has 0 N–H and O–H groups in total. The number of allylic oxidation sites excluding steroid dienone is 2. The minimum Gasteiger partial charge on any atom is -0.147 e. The molecule has 0 aromatic heterocycles. The van der Waals surface area contributed by atoms with E-state index in [4.69, 9.17) is 0 Å². The van der Waals surface area contributed by atoms with Gasteiger partial charge in [0.05, 0.1) is 0 Å². The Morgan fingerprint density at radius 3 is 1.24 bits per heavy atom. The van der Waals surface area contributed by atoms with Crippen molar-refractivity contribution in [2.75, 3.05) is 0 Å². The topological polar surface area (TPSA) is 0 Å². The molecule has 0 saturated heterocycles. The van der Waals surface area contributed by atoms with E-state index in [9.17, 15) is 0 Å². The molecule has 2 saturated carbocycles. The first-order chi connectivity index (χ1) is 25.1. The van der Waals surface area contributed by atoms with E-state index in [0.717, 1.165) is 0 Å². The second-order valence-electron chi connectivity index (χ2n) is 18.8. The van der Waals surface area contributed by atoms with Crippen molar-refractivity contribution >= 4 is 43.8 Å². The summed E-state index contributed by atoms with van der Waals surface area (Å²) in [6, 6.07) is 37.3. The minimum absolute atomic E-state index is 0. The first-order valence-corrected chi connectivity index (χ1v) is 34.7. The van der Waals surface area contributed by atoms with Crippen molar-refractivity contribution in [2.45, 2.75) is 120 Å². The quantitative estimate of drug-likeness (QED) is 0.139. The molecule has 0 spiro atoms. The van der Waals surface area contributed by atoms with Crippen LogP contribution in [-0.4, -0.2) is 6.88 Å². The van der Waals surface area contributed by atoms with Gasteiger partial charge in [-0.3, -0.25) is 0 Å². The van der Waals surface area contributed by atoms with Gasteiger partial charge in [0.2, 0.25) is 0 Å². The Morgan fingerprint density at radius 1 is 0.519 bits per heavy atom. The van der Waals surface area contributed by atoms with Gasteiger partial charge in [-0.2, -0.15) is 0 Å². The van der Waals surface area contributed by atoms with Crippen molar-refractivity contribution in [2.24, 2.45) is 10.8 Å². The predicted molar refractivity (Wildman–Crippen MR) is 241 cm³/mol. The Labute approximate surface area is 342 Å². The molecule has 4 aliphatic rings. The van der Waals surface area contributed by atoms with E-state index in [-0.39, 0.29) is 24.8 Å². The van der Waals surface area contributed by atoms with Gasteiger partial charge in [0, 0.05) is 0 Å². The first-order valence-electron chi connectivity index (χ1n) is 21.0. The smallest absolute Gasteiger partial charge is 0.147 e. The van der Waals surface area contributed by atoms with E-state index in [1.54, 1.807) is 22.3 Å². The van der Waals surface area contributed by atoms with E-state index >= 15 is 0 Å². The van der Waals surface area contributed by atoms with Crippen LogP contribution >= 0.6 is 24.8 Å². The summed E-state index contributed by atoms with van der Waals surface area (Å²) < 4.78 is 6.91. The normalized spacial score (nSPS) is 21.5. The van der Waals surface area contributed by atoms with Gasteiger partial charge in [0.15, 0.2) is 0 Å². The third-order valence-corrected chi connectivity index (χ3v) is 32.4. The minimum atomic E-state index is -3.89. The molecule has 2 atom stereocenters. The van der Waals surface area contributed by atoms with Crippen LogP contribution < -0.4 is 0 Å². The van der Waals surface area contributed by atoms with Crippen LogP contribution in [0.25, 0.3) is 34.4 Å². The number of hydrogen-bond acceptors (Lipinski definition) is 0. The molecule has 8 rings (SSSR count). The summed E-state index contributed by atoms with van der Waals surface area (Å²) in [5, 5.41) is 0. The molecule has 2 fully saturated rings. The summed E-state index contributed by atoms with van der Waals surface area (Å²) in [7, 11) is 0. The van der Waals surface area contributed by atoms with Crippen molar-refractivity contribution in [3.63, 3.8) is 0 Å².